The van der Waals surface area contributed by atoms with E-state index in [0.29, 0.717) is 15.4 Å². The molecule has 0 unspecified atom stereocenters. The second-order valence-electron chi connectivity index (χ2n) is 6.42. The molecule has 2 aromatic rings. The first-order valence-corrected chi connectivity index (χ1v) is 10.5. The Morgan fingerprint density at radius 3 is 2.67 bits per heavy atom. The number of rotatable bonds is 5. The van der Waals surface area contributed by atoms with Crippen LogP contribution in [0.1, 0.15) is 30.3 Å². The molecule has 3 rings (SSSR count). The third-order valence-corrected chi connectivity index (χ3v) is 5.62. The lowest BCUT2D eigenvalue weighted by molar-refractivity contribution is 0.0687. The molecular weight excluding hydrogens is 399 g/mol. The van der Waals surface area contributed by atoms with E-state index < -0.39 is 21.7 Å². The molecule has 1 N–H and O–H groups in total. The summed E-state index contributed by atoms with van der Waals surface area (Å²) in [5.74, 6) is -0.799. The maximum Gasteiger partial charge on any atom is 0.270 e. The van der Waals surface area contributed by atoms with Gasteiger partial charge in [0.2, 0.25) is 0 Å². The van der Waals surface area contributed by atoms with Crippen molar-refractivity contribution in [3.05, 3.63) is 34.2 Å². The summed E-state index contributed by atoms with van der Waals surface area (Å²) >= 11 is 3.23. The molecule has 1 fully saturated rings. The first-order valence-electron chi connectivity index (χ1n) is 7.64. The number of carbonyl (C=O) groups excluding carboxylic acids is 1. The van der Waals surface area contributed by atoms with E-state index in [9.17, 15) is 17.6 Å². The van der Waals surface area contributed by atoms with E-state index in [-0.39, 0.29) is 23.4 Å². The number of nitrogens with one attached hydrogen (secondary N) is 1. The van der Waals surface area contributed by atoms with Gasteiger partial charge in [-0.3, -0.25) is 4.79 Å². The third-order valence-electron chi connectivity index (χ3n) is 4.08. The minimum atomic E-state index is -3.20. The van der Waals surface area contributed by atoms with E-state index in [1.54, 1.807) is 17.9 Å². The zero-order chi connectivity index (χ0) is 17.6. The molecule has 5 nitrogen and oxygen atoms in total. The normalized spacial score (nSPS) is 16.3. The Hall–Kier alpha value is -1.41. The molecule has 1 aromatic heterocycles. The van der Waals surface area contributed by atoms with Crippen molar-refractivity contribution in [2.75, 3.05) is 12.0 Å². The van der Waals surface area contributed by atoms with Crippen molar-refractivity contribution in [2.45, 2.75) is 31.8 Å². The van der Waals surface area contributed by atoms with Crippen LogP contribution in [-0.2, 0) is 9.84 Å². The fourth-order valence-corrected chi connectivity index (χ4v) is 4.48. The van der Waals surface area contributed by atoms with Crippen LogP contribution in [0.4, 0.5) is 4.39 Å². The SMILES string of the molecule is C[C@H](CS(C)(=O)=O)N(C(=O)c1cc2c(F)cc(Br)cc2[nH]1)C1CC1. The van der Waals surface area contributed by atoms with Gasteiger partial charge in [0.05, 0.1) is 11.3 Å². The van der Waals surface area contributed by atoms with Gasteiger partial charge in [-0.2, -0.15) is 0 Å². The van der Waals surface area contributed by atoms with Crippen LogP contribution in [0.2, 0.25) is 0 Å². The number of aromatic amines is 1. The number of benzene rings is 1. The van der Waals surface area contributed by atoms with Crippen molar-refractivity contribution in [1.82, 2.24) is 9.88 Å². The number of hydrogen-bond donors (Lipinski definition) is 1. The summed E-state index contributed by atoms with van der Waals surface area (Å²) in [5, 5.41) is 0.341. The van der Waals surface area contributed by atoms with Crippen LogP contribution < -0.4 is 0 Å². The van der Waals surface area contributed by atoms with Crippen molar-refractivity contribution in [3.63, 3.8) is 0 Å². The molecule has 0 radical (unpaired) electrons. The molecule has 1 heterocycles. The number of nitrogens with zero attached hydrogens (tertiary/aromatic N) is 1. The molecule has 1 atom stereocenters. The summed E-state index contributed by atoms with van der Waals surface area (Å²) < 4.78 is 37.7. The van der Waals surface area contributed by atoms with Gasteiger partial charge in [-0.1, -0.05) is 15.9 Å². The molecule has 24 heavy (non-hydrogen) atoms. The molecule has 0 aliphatic heterocycles. The first-order chi connectivity index (χ1) is 11.2. The van der Waals surface area contributed by atoms with Gasteiger partial charge >= 0.3 is 0 Å². The highest BCUT2D eigenvalue weighted by atomic mass is 79.9. The summed E-state index contributed by atoms with van der Waals surface area (Å²) in [7, 11) is -3.20. The molecule has 1 aromatic carbocycles. The summed E-state index contributed by atoms with van der Waals surface area (Å²) in [6.07, 6.45) is 2.88. The summed E-state index contributed by atoms with van der Waals surface area (Å²) in [4.78, 5) is 17.4. The van der Waals surface area contributed by atoms with Crippen molar-refractivity contribution < 1.29 is 17.6 Å². The van der Waals surface area contributed by atoms with Crippen LogP contribution in [-0.4, -0.2) is 48.3 Å². The molecular formula is C16H18BrFN2O3S. The van der Waals surface area contributed by atoms with Gasteiger partial charge in [-0.05, 0) is 38.0 Å². The van der Waals surface area contributed by atoms with Crippen molar-refractivity contribution in [1.29, 1.82) is 0 Å². The number of carbonyl (C=O) groups is 1. The standard InChI is InChI=1S/C16H18BrFN2O3S/c1-9(8-24(2,22)23)20(11-3-4-11)16(21)15-7-12-13(18)5-10(17)6-14(12)19-15/h5-7,9,11,19H,3-4,8H2,1-2H3/t9-/m1/s1. The molecule has 1 aliphatic carbocycles. The smallest absolute Gasteiger partial charge is 0.270 e. The highest BCUT2D eigenvalue weighted by molar-refractivity contribution is 9.10. The summed E-state index contributed by atoms with van der Waals surface area (Å²) in [6.45, 7) is 1.73. The number of aromatic nitrogens is 1. The van der Waals surface area contributed by atoms with Gasteiger partial charge in [-0.25, -0.2) is 12.8 Å². The highest BCUT2D eigenvalue weighted by Gasteiger charge is 2.37. The Labute approximate surface area is 148 Å². The van der Waals surface area contributed by atoms with E-state index in [1.807, 2.05) is 0 Å². The van der Waals surface area contributed by atoms with E-state index >= 15 is 0 Å². The van der Waals surface area contributed by atoms with E-state index in [0.717, 1.165) is 19.1 Å². The van der Waals surface area contributed by atoms with Gasteiger partial charge in [0.25, 0.3) is 5.91 Å². The van der Waals surface area contributed by atoms with Gasteiger partial charge in [0, 0.05) is 28.2 Å². The van der Waals surface area contributed by atoms with Crippen LogP contribution in [0, 0.1) is 5.82 Å². The lowest BCUT2D eigenvalue weighted by Crippen LogP contribution is -2.43. The largest absolute Gasteiger partial charge is 0.350 e. The van der Waals surface area contributed by atoms with Gasteiger partial charge in [-0.15, -0.1) is 0 Å². The minimum Gasteiger partial charge on any atom is -0.350 e. The molecule has 0 saturated heterocycles. The summed E-state index contributed by atoms with van der Waals surface area (Å²) in [5.41, 5.74) is 0.797. The van der Waals surface area contributed by atoms with Gasteiger partial charge < -0.3 is 9.88 Å². The van der Waals surface area contributed by atoms with Gasteiger partial charge in [0.15, 0.2) is 0 Å². The zero-order valence-electron chi connectivity index (χ0n) is 13.3. The Morgan fingerprint density at radius 1 is 1.42 bits per heavy atom. The molecule has 1 amide bonds. The topological polar surface area (TPSA) is 70.2 Å². The number of amides is 1. The molecule has 1 saturated carbocycles. The van der Waals surface area contributed by atoms with E-state index in [2.05, 4.69) is 20.9 Å². The summed E-state index contributed by atoms with van der Waals surface area (Å²) in [6, 6.07) is 4.16. The first kappa shape index (κ1) is 17.4. The molecule has 8 heteroatoms. The van der Waals surface area contributed by atoms with Crippen LogP contribution in [0.25, 0.3) is 10.9 Å². The zero-order valence-corrected chi connectivity index (χ0v) is 15.7. The Kier molecular flexibility index (Phi) is 4.46. The average molecular weight is 417 g/mol. The molecule has 1 aliphatic rings. The van der Waals surface area contributed by atoms with Gasteiger partial charge in [0.1, 0.15) is 21.3 Å². The number of halogens is 2. The van der Waals surface area contributed by atoms with Crippen LogP contribution >= 0.6 is 15.9 Å². The molecule has 0 bridgehead atoms. The van der Waals surface area contributed by atoms with Crippen molar-refractivity contribution in [2.24, 2.45) is 0 Å². The quantitative estimate of drug-likeness (QED) is 0.813. The lowest BCUT2D eigenvalue weighted by Gasteiger charge is -2.28. The van der Waals surface area contributed by atoms with E-state index in [4.69, 9.17) is 0 Å². The average Bonchev–Trinajstić information content (AvgIpc) is 3.14. The maximum absolute atomic E-state index is 14.0. The molecule has 0 spiro atoms. The number of sulfone groups is 1. The second-order valence-corrected chi connectivity index (χ2v) is 9.52. The lowest BCUT2D eigenvalue weighted by atomic mass is 10.2. The minimum absolute atomic E-state index is 0.0530. The van der Waals surface area contributed by atoms with Crippen molar-refractivity contribution in [3.8, 4) is 0 Å². The third kappa shape index (κ3) is 3.64. The van der Waals surface area contributed by atoms with Crippen LogP contribution in [0.3, 0.4) is 0 Å². The predicted molar refractivity (Wildman–Crippen MR) is 94.3 cm³/mol. The monoisotopic (exact) mass is 416 g/mol. The number of fused-ring (bicyclic) bond motifs is 1. The number of H-pyrrole nitrogens is 1. The van der Waals surface area contributed by atoms with E-state index in [1.165, 1.54) is 12.1 Å². The van der Waals surface area contributed by atoms with Crippen LogP contribution in [0.15, 0.2) is 22.7 Å². The second kappa shape index (κ2) is 6.15. The molecule has 130 valence electrons. The Balaban J connectivity index is 1.95. The predicted octanol–water partition coefficient (Wildman–Crippen LogP) is 3.11. The Morgan fingerprint density at radius 2 is 2.08 bits per heavy atom. The fraction of sp³-hybridized carbons (Fsp3) is 0.438. The maximum atomic E-state index is 14.0. The van der Waals surface area contributed by atoms with Crippen LogP contribution in [0.5, 0.6) is 0 Å². The highest BCUT2D eigenvalue weighted by Crippen LogP contribution is 2.31. The number of hydrogen-bond acceptors (Lipinski definition) is 3. The Bertz CT molecular complexity index is 905. The van der Waals surface area contributed by atoms with Crippen molar-refractivity contribution >= 4 is 42.6 Å². The fourth-order valence-electron chi connectivity index (χ4n) is 3.01.